The maximum atomic E-state index is 12.5. The van der Waals surface area contributed by atoms with Gasteiger partial charge in [0.2, 0.25) is 5.91 Å². The summed E-state index contributed by atoms with van der Waals surface area (Å²) in [4.78, 5) is 26.7. The van der Waals surface area contributed by atoms with E-state index in [1.54, 1.807) is 24.3 Å². The van der Waals surface area contributed by atoms with Crippen molar-refractivity contribution in [2.45, 2.75) is 19.8 Å². The minimum Gasteiger partial charge on any atom is -0.489 e. The maximum Gasteiger partial charge on any atom is 0.253 e. The van der Waals surface area contributed by atoms with E-state index in [4.69, 9.17) is 4.74 Å². The third kappa shape index (κ3) is 6.10. The summed E-state index contributed by atoms with van der Waals surface area (Å²) >= 11 is 0. The average Bonchev–Trinajstić information content (AvgIpc) is 3.25. The average molecular weight is 393 g/mol. The van der Waals surface area contributed by atoms with Gasteiger partial charge in [-0.2, -0.15) is 0 Å². The van der Waals surface area contributed by atoms with Crippen LogP contribution in [0.1, 0.15) is 30.1 Å². The van der Waals surface area contributed by atoms with Gasteiger partial charge in [-0.25, -0.2) is 0 Å². The molecule has 6 heteroatoms. The molecule has 3 rings (SSSR count). The molecule has 0 atom stereocenters. The number of rotatable bonds is 8. The Labute approximate surface area is 171 Å². The number of likely N-dealkylation sites (tertiary alicyclic amines) is 1. The van der Waals surface area contributed by atoms with Crippen molar-refractivity contribution in [3.63, 3.8) is 0 Å². The van der Waals surface area contributed by atoms with Crippen LogP contribution < -0.4 is 15.4 Å². The summed E-state index contributed by atoms with van der Waals surface area (Å²) in [6, 6.07) is 14.5. The van der Waals surface area contributed by atoms with Crippen LogP contribution in [-0.4, -0.2) is 43.0 Å². The van der Waals surface area contributed by atoms with E-state index in [0.29, 0.717) is 23.6 Å². The lowest BCUT2D eigenvalue weighted by molar-refractivity contribution is -0.114. The van der Waals surface area contributed by atoms with Crippen molar-refractivity contribution in [1.29, 1.82) is 0 Å². The molecular weight excluding hydrogens is 366 g/mol. The lowest BCUT2D eigenvalue weighted by atomic mass is 10.1. The molecule has 2 N–H and O–H groups in total. The predicted molar refractivity (Wildman–Crippen MR) is 115 cm³/mol. The van der Waals surface area contributed by atoms with Crippen molar-refractivity contribution in [1.82, 2.24) is 4.90 Å². The Bertz CT molecular complexity index is 888. The first-order chi connectivity index (χ1) is 14.0. The largest absolute Gasteiger partial charge is 0.489 e. The Morgan fingerprint density at radius 3 is 2.55 bits per heavy atom. The molecule has 2 aromatic carbocycles. The van der Waals surface area contributed by atoms with Crippen molar-refractivity contribution in [3.8, 4) is 5.75 Å². The second kappa shape index (κ2) is 9.78. The molecule has 0 spiro atoms. The lowest BCUT2D eigenvalue weighted by Gasteiger charge is -2.16. The van der Waals surface area contributed by atoms with Crippen molar-refractivity contribution < 1.29 is 14.3 Å². The Hall–Kier alpha value is -3.28. The molecule has 1 aliphatic rings. The van der Waals surface area contributed by atoms with Crippen LogP contribution >= 0.6 is 0 Å². The molecule has 0 saturated carbocycles. The number of anilines is 2. The zero-order valence-electron chi connectivity index (χ0n) is 16.7. The molecule has 0 unspecified atom stereocenters. The highest BCUT2D eigenvalue weighted by atomic mass is 16.5. The molecular formula is C23H27N3O3. The first kappa shape index (κ1) is 20.5. The number of ether oxygens (including phenoxy) is 1. The van der Waals surface area contributed by atoms with Crippen LogP contribution in [-0.2, 0) is 4.79 Å². The van der Waals surface area contributed by atoms with E-state index in [1.165, 1.54) is 0 Å². The van der Waals surface area contributed by atoms with Crippen LogP contribution in [0, 0.1) is 0 Å². The molecule has 29 heavy (non-hydrogen) atoms. The number of amides is 2. The zero-order chi connectivity index (χ0) is 20.6. The molecule has 0 aromatic heterocycles. The maximum absolute atomic E-state index is 12.5. The Morgan fingerprint density at radius 2 is 1.79 bits per heavy atom. The molecule has 0 radical (unpaired) electrons. The fourth-order valence-corrected chi connectivity index (χ4v) is 3.12. The topological polar surface area (TPSA) is 70.7 Å². The van der Waals surface area contributed by atoms with Crippen molar-refractivity contribution >= 4 is 23.2 Å². The van der Waals surface area contributed by atoms with Crippen LogP contribution in [0.2, 0.25) is 0 Å². The third-order valence-corrected chi connectivity index (χ3v) is 4.56. The second-order valence-electron chi connectivity index (χ2n) is 7.26. The van der Waals surface area contributed by atoms with E-state index >= 15 is 0 Å². The number of nitrogens with one attached hydrogen (secondary N) is 2. The quantitative estimate of drug-likeness (QED) is 0.667. The third-order valence-electron chi connectivity index (χ3n) is 4.56. The zero-order valence-corrected chi connectivity index (χ0v) is 16.7. The molecule has 1 aliphatic heterocycles. The molecule has 152 valence electrons. The van der Waals surface area contributed by atoms with Gasteiger partial charge in [-0.15, -0.1) is 0 Å². The van der Waals surface area contributed by atoms with Gasteiger partial charge in [-0.1, -0.05) is 18.7 Å². The molecule has 2 aromatic rings. The van der Waals surface area contributed by atoms with E-state index in [-0.39, 0.29) is 18.4 Å². The molecule has 2 amide bonds. The van der Waals surface area contributed by atoms with Gasteiger partial charge in [0.05, 0.1) is 6.54 Å². The van der Waals surface area contributed by atoms with Crippen LogP contribution in [0.15, 0.2) is 60.7 Å². The number of hydrogen-bond acceptors (Lipinski definition) is 4. The smallest absolute Gasteiger partial charge is 0.253 e. The summed E-state index contributed by atoms with van der Waals surface area (Å²) in [5.74, 6) is 0.541. The molecule has 6 nitrogen and oxygen atoms in total. The molecule has 0 bridgehead atoms. The van der Waals surface area contributed by atoms with E-state index < -0.39 is 0 Å². The molecule has 1 heterocycles. The summed E-state index contributed by atoms with van der Waals surface area (Å²) in [5.41, 5.74) is 2.94. The van der Waals surface area contributed by atoms with E-state index in [1.807, 2.05) is 36.1 Å². The monoisotopic (exact) mass is 393 g/mol. The predicted octanol–water partition coefficient (Wildman–Crippen LogP) is 3.93. The Balaban J connectivity index is 1.53. The van der Waals surface area contributed by atoms with Crippen molar-refractivity contribution in [2.75, 3.05) is 36.9 Å². The summed E-state index contributed by atoms with van der Waals surface area (Å²) in [7, 11) is 0. The van der Waals surface area contributed by atoms with Crippen LogP contribution in [0.5, 0.6) is 5.75 Å². The minimum absolute atomic E-state index is 0.0169. The van der Waals surface area contributed by atoms with Gasteiger partial charge in [0, 0.05) is 36.1 Å². The first-order valence-electron chi connectivity index (χ1n) is 9.81. The van der Waals surface area contributed by atoms with E-state index in [0.717, 1.165) is 37.2 Å². The van der Waals surface area contributed by atoms with E-state index in [2.05, 4.69) is 17.2 Å². The van der Waals surface area contributed by atoms with Gasteiger partial charge in [0.1, 0.15) is 12.4 Å². The number of hydrogen-bond donors (Lipinski definition) is 2. The standard InChI is InChI=1S/C23H27N3O3/c1-17(2)16-29-21-10-6-8-19(14-21)24-15-22(27)25-20-9-5-7-18(13-20)23(28)26-11-3-4-12-26/h5-10,13-14,24H,1,3-4,11-12,15-16H2,2H3,(H,25,27). The Morgan fingerprint density at radius 1 is 1.07 bits per heavy atom. The summed E-state index contributed by atoms with van der Waals surface area (Å²) in [6.07, 6.45) is 2.10. The minimum atomic E-state index is -0.191. The van der Waals surface area contributed by atoms with Crippen LogP contribution in [0.25, 0.3) is 0 Å². The highest BCUT2D eigenvalue weighted by Gasteiger charge is 2.19. The van der Waals surface area contributed by atoms with Gasteiger partial charge < -0.3 is 20.3 Å². The van der Waals surface area contributed by atoms with Crippen LogP contribution in [0.4, 0.5) is 11.4 Å². The van der Waals surface area contributed by atoms with Gasteiger partial charge in [0.25, 0.3) is 5.91 Å². The number of nitrogens with zero attached hydrogens (tertiary/aromatic N) is 1. The normalized spacial score (nSPS) is 13.1. The summed E-state index contributed by atoms with van der Waals surface area (Å²) in [6.45, 7) is 7.88. The SMILES string of the molecule is C=C(C)COc1cccc(NCC(=O)Nc2cccc(C(=O)N3CCCC3)c2)c1. The van der Waals surface area contributed by atoms with Gasteiger partial charge in [0.15, 0.2) is 0 Å². The fraction of sp³-hybridized carbons (Fsp3) is 0.304. The molecule has 1 fully saturated rings. The second-order valence-corrected chi connectivity index (χ2v) is 7.26. The molecule has 0 aliphatic carbocycles. The fourth-order valence-electron chi connectivity index (χ4n) is 3.12. The highest BCUT2D eigenvalue weighted by Crippen LogP contribution is 2.18. The van der Waals surface area contributed by atoms with Crippen molar-refractivity contribution in [3.05, 3.63) is 66.2 Å². The molecule has 1 saturated heterocycles. The number of benzene rings is 2. The van der Waals surface area contributed by atoms with E-state index in [9.17, 15) is 9.59 Å². The van der Waals surface area contributed by atoms with Crippen LogP contribution in [0.3, 0.4) is 0 Å². The summed E-state index contributed by atoms with van der Waals surface area (Å²) in [5, 5.41) is 5.92. The number of carbonyl (C=O) groups excluding carboxylic acids is 2. The lowest BCUT2D eigenvalue weighted by Crippen LogP contribution is -2.27. The van der Waals surface area contributed by atoms with Gasteiger partial charge in [-0.05, 0) is 55.7 Å². The first-order valence-corrected chi connectivity index (χ1v) is 9.81. The highest BCUT2D eigenvalue weighted by molar-refractivity contribution is 5.98. The number of carbonyl (C=O) groups is 2. The Kier molecular flexibility index (Phi) is 6.89. The van der Waals surface area contributed by atoms with Crippen molar-refractivity contribution in [2.24, 2.45) is 0 Å². The van der Waals surface area contributed by atoms with Gasteiger partial charge in [-0.3, -0.25) is 9.59 Å². The summed E-state index contributed by atoms with van der Waals surface area (Å²) < 4.78 is 5.61. The van der Waals surface area contributed by atoms with Gasteiger partial charge >= 0.3 is 0 Å².